The van der Waals surface area contributed by atoms with Gasteiger partial charge in [-0.25, -0.2) is 0 Å². The lowest BCUT2D eigenvalue weighted by molar-refractivity contribution is 0.109. The molecule has 1 N–H and O–H groups in total. The van der Waals surface area contributed by atoms with Crippen molar-refractivity contribution in [2.75, 3.05) is 13.7 Å². The van der Waals surface area contributed by atoms with Crippen molar-refractivity contribution >= 4 is 0 Å². The summed E-state index contributed by atoms with van der Waals surface area (Å²) in [6.45, 7) is 1.11. The lowest BCUT2D eigenvalue weighted by Gasteiger charge is -2.15. The summed E-state index contributed by atoms with van der Waals surface area (Å²) in [5, 5.41) is 3.97. The Bertz CT molecular complexity index is 977. The summed E-state index contributed by atoms with van der Waals surface area (Å²) < 4.78 is 16.0. The molecule has 0 aliphatic carbocycles. The molecule has 0 radical (unpaired) electrons. The number of fused-ring (bicyclic) bond motifs is 1. The van der Waals surface area contributed by atoms with E-state index in [0.29, 0.717) is 43.3 Å². The van der Waals surface area contributed by atoms with Gasteiger partial charge in [0.15, 0.2) is 0 Å². The van der Waals surface area contributed by atoms with Crippen molar-refractivity contribution in [2.45, 2.75) is 25.9 Å². The maximum Gasteiger partial charge on any atom is 0.259 e. The molecule has 1 aliphatic heterocycles. The second kappa shape index (κ2) is 7.13. The van der Waals surface area contributed by atoms with E-state index < -0.39 is 0 Å². The molecule has 1 aromatic carbocycles. The van der Waals surface area contributed by atoms with Crippen molar-refractivity contribution < 1.29 is 14.0 Å². The number of nitrogens with one attached hydrogen (secondary N) is 1. The monoisotopic (exact) mass is 353 g/mol. The summed E-state index contributed by atoms with van der Waals surface area (Å²) in [5.41, 5.74) is 3.21. The number of nitrogens with zero attached hydrogens (tertiary/aromatic N) is 2. The normalized spacial score (nSPS) is 13.4. The number of aryl methyl sites for hydroxylation is 2. The van der Waals surface area contributed by atoms with E-state index in [9.17, 15) is 4.79 Å². The molecule has 4 rings (SSSR count). The topological polar surface area (TPSA) is 90.2 Å². The van der Waals surface area contributed by atoms with Gasteiger partial charge in [0.25, 0.3) is 5.56 Å². The smallest absolute Gasteiger partial charge is 0.259 e. The first-order valence-electron chi connectivity index (χ1n) is 8.51. The molecule has 0 spiro atoms. The summed E-state index contributed by atoms with van der Waals surface area (Å²) in [6, 6.07) is 9.64. The fourth-order valence-electron chi connectivity index (χ4n) is 3.03. The van der Waals surface area contributed by atoms with E-state index in [-0.39, 0.29) is 5.56 Å². The van der Waals surface area contributed by atoms with Crippen LogP contribution >= 0.6 is 0 Å². The van der Waals surface area contributed by atoms with Gasteiger partial charge < -0.3 is 19.0 Å². The average molecular weight is 353 g/mol. The Labute approximate surface area is 150 Å². The highest BCUT2D eigenvalue weighted by atomic mass is 16.5. The minimum atomic E-state index is -0.203. The Hall–Kier alpha value is -2.93. The standard InChI is InChI=1S/C19H19N3O4/c1-24-14-4-2-3-12(9-14)5-6-17-21-18(22-26-17)15-10-13-11-25-8-7-16(13)20-19(15)23/h2-4,9-10H,5-8,11H2,1H3,(H,20,23). The van der Waals surface area contributed by atoms with Gasteiger partial charge in [-0.1, -0.05) is 17.3 Å². The third kappa shape index (κ3) is 3.39. The molecule has 0 saturated carbocycles. The molecule has 3 heterocycles. The fraction of sp³-hybridized carbons (Fsp3) is 0.316. The molecule has 0 saturated heterocycles. The fourth-order valence-corrected chi connectivity index (χ4v) is 3.03. The van der Waals surface area contributed by atoms with Gasteiger partial charge in [-0.15, -0.1) is 0 Å². The molecule has 0 amide bonds. The third-order valence-corrected chi connectivity index (χ3v) is 4.44. The van der Waals surface area contributed by atoms with Crippen molar-refractivity contribution in [3.05, 3.63) is 63.4 Å². The van der Waals surface area contributed by atoms with Crippen LogP contribution in [0, 0.1) is 0 Å². The summed E-state index contributed by atoms with van der Waals surface area (Å²) in [7, 11) is 1.64. The van der Waals surface area contributed by atoms with Gasteiger partial charge in [-0.2, -0.15) is 4.98 Å². The van der Waals surface area contributed by atoms with Crippen LogP contribution in [-0.4, -0.2) is 28.8 Å². The van der Waals surface area contributed by atoms with E-state index in [1.807, 2.05) is 24.3 Å². The van der Waals surface area contributed by atoms with Crippen LogP contribution in [0.3, 0.4) is 0 Å². The number of pyridine rings is 1. The quantitative estimate of drug-likeness (QED) is 0.757. The Morgan fingerprint density at radius 1 is 1.27 bits per heavy atom. The largest absolute Gasteiger partial charge is 0.497 e. The number of hydrogen-bond acceptors (Lipinski definition) is 6. The predicted molar refractivity (Wildman–Crippen MR) is 94.1 cm³/mol. The maximum absolute atomic E-state index is 12.3. The first-order valence-corrected chi connectivity index (χ1v) is 8.51. The summed E-state index contributed by atoms with van der Waals surface area (Å²) >= 11 is 0. The summed E-state index contributed by atoms with van der Waals surface area (Å²) in [5.74, 6) is 1.62. The number of ether oxygens (including phenoxy) is 2. The van der Waals surface area contributed by atoms with Crippen molar-refractivity contribution in [1.82, 2.24) is 15.1 Å². The van der Waals surface area contributed by atoms with Crippen molar-refractivity contribution in [1.29, 1.82) is 0 Å². The molecule has 26 heavy (non-hydrogen) atoms. The number of benzene rings is 1. The van der Waals surface area contributed by atoms with E-state index in [4.69, 9.17) is 14.0 Å². The zero-order valence-electron chi connectivity index (χ0n) is 14.4. The molecule has 0 unspecified atom stereocenters. The SMILES string of the molecule is COc1cccc(CCc2nc(-c3cc4c([nH]c3=O)CCOC4)no2)c1. The zero-order valence-corrected chi connectivity index (χ0v) is 14.4. The van der Waals surface area contributed by atoms with Crippen LogP contribution < -0.4 is 10.3 Å². The van der Waals surface area contributed by atoms with E-state index >= 15 is 0 Å². The predicted octanol–water partition coefficient (Wildman–Crippen LogP) is 2.29. The van der Waals surface area contributed by atoms with Gasteiger partial charge >= 0.3 is 0 Å². The first-order chi connectivity index (χ1) is 12.7. The van der Waals surface area contributed by atoms with Crippen LogP contribution in [0.5, 0.6) is 5.75 Å². The van der Waals surface area contributed by atoms with Crippen LogP contribution in [0.1, 0.15) is 22.7 Å². The minimum Gasteiger partial charge on any atom is -0.497 e. The molecular weight excluding hydrogens is 334 g/mol. The molecule has 7 heteroatoms. The summed E-state index contributed by atoms with van der Waals surface area (Å²) in [4.78, 5) is 19.6. The highest BCUT2D eigenvalue weighted by Crippen LogP contribution is 2.20. The van der Waals surface area contributed by atoms with Crippen LogP contribution in [-0.2, 0) is 30.6 Å². The van der Waals surface area contributed by atoms with Gasteiger partial charge in [0.2, 0.25) is 11.7 Å². The molecule has 0 fully saturated rings. The molecule has 7 nitrogen and oxygen atoms in total. The van der Waals surface area contributed by atoms with Gasteiger partial charge in [0.1, 0.15) is 5.75 Å². The molecule has 0 atom stereocenters. The number of H-pyrrole nitrogens is 1. The van der Waals surface area contributed by atoms with Crippen molar-refractivity contribution in [3.8, 4) is 17.1 Å². The lowest BCUT2D eigenvalue weighted by atomic mass is 10.1. The number of aromatic amines is 1. The first kappa shape index (κ1) is 16.5. The van der Waals surface area contributed by atoms with Crippen molar-refractivity contribution in [3.63, 3.8) is 0 Å². The highest BCUT2D eigenvalue weighted by molar-refractivity contribution is 5.54. The minimum absolute atomic E-state index is 0.203. The second-order valence-corrected chi connectivity index (χ2v) is 6.18. The average Bonchev–Trinajstić information content (AvgIpc) is 3.15. The van der Waals surface area contributed by atoms with Gasteiger partial charge in [0.05, 0.1) is 25.9 Å². The molecular formula is C19H19N3O4. The Morgan fingerprint density at radius 3 is 3.08 bits per heavy atom. The van der Waals surface area contributed by atoms with E-state index in [1.54, 1.807) is 13.2 Å². The third-order valence-electron chi connectivity index (χ3n) is 4.44. The molecule has 134 valence electrons. The van der Waals surface area contributed by atoms with Crippen molar-refractivity contribution in [2.24, 2.45) is 0 Å². The Morgan fingerprint density at radius 2 is 2.19 bits per heavy atom. The highest BCUT2D eigenvalue weighted by Gasteiger charge is 2.17. The molecule has 2 aromatic heterocycles. The number of hydrogen-bond donors (Lipinski definition) is 1. The van der Waals surface area contributed by atoms with Crippen LogP contribution in [0.25, 0.3) is 11.4 Å². The van der Waals surface area contributed by atoms with Gasteiger partial charge in [-0.05, 0) is 35.7 Å². The van der Waals surface area contributed by atoms with E-state index in [2.05, 4.69) is 15.1 Å². The lowest BCUT2D eigenvalue weighted by Crippen LogP contribution is -2.19. The van der Waals surface area contributed by atoms with Crippen LogP contribution in [0.2, 0.25) is 0 Å². The zero-order chi connectivity index (χ0) is 17.9. The van der Waals surface area contributed by atoms with Crippen LogP contribution in [0.15, 0.2) is 39.6 Å². The van der Waals surface area contributed by atoms with E-state index in [0.717, 1.165) is 29.0 Å². The van der Waals surface area contributed by atoms with Crippen LogP contribution in [0.4, 0.5) is 0 Å². The summed E-state index contributed by atoms with van der Waals surface area (Å²) in [6.07, 6.45) is 2.04. The van der Waals surface area contributed by atoms with E-state index in [1.165, 1.54) is 0 Å². The van der Waals surface area contributed by atoms with Gasteiger partial charge in [-0.3, -0.25) is 4.79 Å². The number of aromatic nitrogens is 3. The number of methoxy groups -OCH3 is 1. The van der Waals surface area contributed by atoms with Gasteiger partial charge in [0, 0.05) is 18.5 Å². The maximum atomic E-state index is 12.3. The molecule has 3 aromatic rings. The number of rotatable bonds is 5. The molecule has 0 bridgehead atoms. The Kier molecular flexibility index (Phi) is 4.53. The Balaban J connectivity index is 1.52. The molecule has 1 aliphatic rings. The second-order valence-electron chi connectivity index (χ2n) is 6.18.